The highest BCUT2D eigenvalue weighted by Crippen LogP contribution is 2.24. The molecule has 0 spiro atoms. The molecule has 2 aliphatic rings. The van der Waals surface area contributed by atoms with Crippen molar-refractivity contribution in [1.82, 2.24) is 15.5 Å². The molecule has 0 radical (unpaired) electrons. The molecule has 4 heteroatoms. The SMILES string of the molecule is CNC1CCCN(C(C)C(=O)NC2CCCCC2C)C1. The topological polar surface area (TPSA) is 44.4 Å². The molecule has 20 heavy (non-hydrogen) atoms. The first-order chi connectivity index (χ1) is 9.61. The van der Waals surface area contributed by atoms with Crippen LogP contribution in [0.3, 0.4) is 0 Å². The summed E-state index contributed by atoms with van der Waals surface area (Å²) in [6.45, 7) is 6.37. The Morgan fingerprint density at radius 1 is 1.20 bits per heavy atom. The summed E-state index contributed by atoms with van der Waals surface area (Å²) >= 11 is 0. The van der Waals surface area contributed by atoms with E-state index >= 15 is 0 Å². The average molecular weight is 281 g/mol. The molecule has 1 aliphatic carbocycles. The minimum Gasteiger partial charge on any atom is -0.352 e. The number of carbonyl (C=O) groups excluding carboxylic acids is 1. The Hall–Kier alpha value is -0.610. The van der Waals surface area contributed by atoms with Crippen molar-refractivity contribution in [2.45, 2.75) is 70.5 Å². The number of likely N-dealkylation sites (N-methyl/N-ethyl adjacent to an activating group) is 1. The van der Waals surface area contributed by atoms with Gasteiger partial charge >= 0.3 is 0 Å². The van der Waals surface area contributed by atoms with E-state index in [0.29, 0.717) is 18.0 Å². The Morgan fingerprint density at radius 3 is 2.65 bits per heavy atom. The number of likely N-dealkylation sites (tertiary alicyclic amines) is 1. The van der Waals surface area contributed by atoms with E-state index in [1.807, 2.05) is 7.05 Å². The van der Waals surface area contributed by atoms with E-state index in [1.165, 1.54) is 32.1 Å². The minimum absolute atomic E-state index is 0.000256. The van der Waals surface area contributed by atoms with E-state index in [1.54, 1.807) is 0 Å². The van der Waals surface area contributed by atoms with Crippen LogP contribution in [0.25, 0.3) is 0 Å². The number of nitrogens with zero attached hydrogens (tertiary/aromatic N) is 1. The molecule has 1 heterocycles. The number of nitrogens with one attached hydrogen (secondary N) is 2. The lowest BCUT2D eigenvalue weighted by molar-refractivity contribution is -0.127. The van der Waals surface area contributed by atoms with E-state index in [-0.39, 0.29) is 11.9 Å². The van der Waals surface area contributed by atoms with E-state index in [9.17, 15) is 4.79 Å². The zero-order valence-electron chi connectivity index (χ0n) is 13.3. The largest absolute Gasteiger partial charge is 0.352 e. The maximum atomic E-state index is 12.5. The van der Waals surface area contributed by atoms with Crippen molar-refractivity contribution in [3.05, 3.63) is 0 Å². The quantitative estimate of drug-likeness (QED) is 0.825. The third kappa shape index (κ3) is 3.95. The molecule has 0 aromatic heterocycles. The summed E-state index contributed by atoms with van der Waals surface area (Å²) < 4.78 is 0. The molecular weight excluding hydrogens is 250 g/mol. The summed E-state index contributed by atoms with van der Waals surface area (Å²) in [4.78, 5) is 14.8. The van der Waals surface area contributed by atoms with Gasteiger partial charge in [0.1, 0.15) is 0 Å². The highest BCUT2D eigenvalue weighted by atomic mass is 16.2. The number of hydrogen-bond donors (Lipinski definition) is 2. The molecule has 0 bridgehead atoms. The predicted octanol–water partition coefficient (Wildman–Crippen LogP) is 1.75. The van der Waals surface area contributed by atoms with E-state index in [0.717, 1.165) is 19.5 Å². The Balaban J connectivity index is 1.84. The maximum Gasteiger partial charge on any atom is 0.237 e. The molecular formula is C16H31N3O. The number of rotatable bonds is 4. The van der Waals surface area contributed by atoms with Crippen molar-refractivity contribution in [3.63, 3.8) is 0 Å². The Kier molecular flexibility index (Phi) is 5.85. The van der Waals surface area contributed by atoms with Gasteiger partial charge in [-0.2, -0.15) is 0 Å². The average Bonchev–Trinajstić information content (AvgIpc) is 2.48. The van der Waals surface area contributed by atoms with Gasteiger partial charge in [0.2, 0.25) is 5.91 Å². The molecule has 116 valence electrons. The first-order valence-electron chi connectivity index (χ1n) is 8.33. The Labute approximate surface area is 123 Å². The molecule has 4 unspecified atom stereocenters. The monoisotopic (exact) mass is 281 g/mol. The number of piperidine rings is 1. The molecule has 2 fully saturated rings. The zero-order chi connectivity index (χ0) is 14.5. The number of hydrogen-bond acceptors (Lipinski definition) is 3. The first kappa shape index (κ1) is 15.8. The summed E-state index contributed by atoms with van der Waals surface area (Å²) in [6, 6.07) is 0.927. The zero-order valence-corrected chi connectivity index (χ0v) is 13.3. The third-order valence-electron chi connectivity index (χ3n) is 5.23. The van der Waals surface area contributed by atoms with Crippen molar-refractivity contribution >= 4 is 5.91 Å². The summed E-state index contributed by atoms with van der Waals surface area (Å²) in [5.74, 6) is 0.854. The highest BCUT2D eigenvalue weighted by Gasteiger charge is 2.29. The highest BCUT2D eigenvalue weighted by molar-refractivity contribution is 5.81. The van der Waals surface area contributed by atoms with Crippen molar-refractivity contribution in [2.24, 2.45) is 5.92 Å². The van der Waals surface area contributed by atoms with Gasteiger partial charge in [0.25, 0.3) is 0 Å². The van der Waals surface area contributed by atoms with Gasteiger partial charge in [-0.3, -0.25) is 9.69 Å². The van der Waals surface area contributed by atoms with E-state index in [4.69, 9.17) is 0 Å². The van der Waals surface area contributed by atoms with Gasteiger partial charge < -0.3 is 10.6 Å². The second-order valence-electron chi connectivity index (χ2n) is 6.68. The van der Waals surface area contributed by atoms with E-state index in [2.05, 4.69) is 29.4 Å². The summed E-state index contributed by atoms with van der Waals surface area (Å²) in [5, 5.41) is 6.64. The lowest BCUT2D eigenvalue weighted by Crippen LogP contribution is -2.54. The van der Waals surface area contributed by atoms with Gasteiger partial charge in [-0.05, 0) is 52.1 Å². The first-order valence-corrected chi connectivity index (χ1v) is 8.33. The van der Waals surface area contributed by atoms with Gasteiger partial charge in [0.15, 0.2) is 0 Å². The van der Waals surface area contributed by atoms with Crippen LogP contribution in [-0.4, -0.2) is 49.1 Å². The fourth-order valence-corrected chi connectivity index (χ4v) is 3.59. The number of carbonyl (C=O) groups is 1. The van der Waals surface area contributed by atoms with Crippen LogP contribution >= 0.6 is 0 Å². The lowest BCUT2D eigenvalue weighted by Gasteiger charge is -2.37. The van der Waals surface area contributed by atoms with Gasteiger partial charge in [-0.25, -0.2) is 0 Å². The molecule has 2 N–H and O–H groups in total. The second kappa shape index (κ2) is 7.41. The van der Waals surface area contributed by atoms with Gasteiger partial charge in [-0.1, -0.05) is 19.8 Å². The fraction of sp³-hybridized carbons (Fsp3) is 0.938. The molecule has 1 saturated heterocycles. The van der Waals surface area contributed by atoms with E-state index < -0.39 is 0 Å². The Morgan fingerprint density at radius 2 is 1.95 bits per heavy atom. The van der Waals surface area contributed by atoms with Gasteiger partial charge in [0.05, 0.1) is 6.04 Å². The van der Waals surface area contributed by atoms with Crippen LogP contribution in [0.2, 0.25) is 0 Å². The van der Waals surface area contributed by atoms with Gasteiger partial charge in [-0.15, -0.1) is 0 Å². The smallest absolute Gasteiger partial charge is 0.237 e. The molecule has 0 aromatic rings. The normalized spacial score (nSPS) is 33.6. The van der Waals surface area contributed by atoms with Crippen LogP contribution in [0.4, 0.5) is 0 Å². The molecule has 1 aliphatic heterocycles. The molecule has 4 atom stereocenters. The summed E-state index contributed by atoms with van der Waals surface area (Å²) in [6.07, 6.45) is 7.39. The standard InChI is InChI=1S/C16H31N3O/c1-12-7-4-5-9-15(12)18-16(20)13(2)19-10-6-8-14(11-19)17-3/h12-15,17H,4-11H2,1-3H3,(H,18,20). The summed E-state index contributed by atoms with van der Waals surface area (Å²) in [7, 11) is 2.02. The molecule has 4 nitrogen and oxygen atoms in total. The second-order valence-corrected chi connectivity index (χ2v) is 6.68. The van der Waals surface area contributed by atoms with Crippen molar-refractivity contribution in [2.75, 3.05) is 20.1 Å². The minimum atomic E-state index is 0.000256. The van der Waals surface area contributed by atoms with Crippen LogP contribution in [-0.2, 0) is 4.79 Å². The van der Waals surface area contributed by atoms with Crippen LogP contribution in [0.5, 0.6) is 0 Å². The third-order valence-corrected chi connectivity index (χ3v) is 5.23. The van der Waals surface area contributed by atoms with Gasteiger partial charge in [0, 0.05) is 18.6 Å². The summed E-state index contributed by atoms with van der Waals surface area (Å²) in [5.41, 5.74) is 0. The molecule has 0 aromatic carbocycles. The van der Waals surface area contributed by atoms with Crippen LogP contribution in [0.15, 0.2) is 0 Å². The lowest BCUT2D eigenvalue weighted by atomic mass is 9.86. The molecule has 1 amide bonds. The van der Waals surface area contributed by atoms with Crippen LogP contribution < -0.4 is 10.6 Å². The maximum absolute atomic E-state index is 12.5. The fourth-order valence-electron chi connectivity index (χ4n) is 3.59. The predicted molar refractivity (Wildman–Crippen MR) is 82.7 cm³/mol. The van der Waals surface area contributed by atoms with Crippen LogP contribution in [0, 0.1) is 5.92 Å². The van der Waals surface area contributed by atoms with Crippen molar-refractivity contribution in [1.29, 1.82) is 0 Å². The molecule has 2 rings (SSSR count). The van der Waals surface area contributed by atoms with Crippen molar-refractivity contribution < 1.29 is 4.79 Å². The Bertz CT molecular complexity index is 321. The van der Waals surface area contributed by atoms with Crippen LogP contribution in [0.1, 0.15) is 52.4 Å². The van der Waals surface area contributed by atoms with Crippen molar-refractivity contribution in [3.8, 4) is 0 Å². The molecule has 1 saturated carbocycles. The number of amides is 1.